The lowest BCUT2D eigenvalue weighted by Crippen LogP contribution is -2.46. The average molecular weight is 578 g/mol. The van der Waals surface area contributed by atoms with E-state index < -0.39 is 17.8 Å². The van der Waals surface area contributed by atoms with Crippen LogP contribution in [0.4, 0.5) is 19.0 Å². The van der Waals surface area contributed by atoms with Crippen LogP contribution in [-0.2, 0) is 4.74 Å². The van der Waals surface area contributed by atoms with Crippen LogP contribution in [-0.4, -0.2) is 68.2 Å². The molecule has 5 heterocycles. The summed E-state index contributed by atoms with van der Waals surface area (Å²) in [5.74, 6) is -2.42. The number of halogens is 3. The van der Waals surface area contributed by atoms with Gasteiger partial charge in [0.25, 0.3) is 0 Å². The van der Waals surface area contributed by atoms with Gasteiger partial charge in [-0.1, -0.05) is 22.7 Å². The van der Waals surface area contributed by atoms with Crippen LogP contribution >= 0.6 is 22.7 Å². The van der Waals surface area contributed by atoms with Crippen LogP contribution in [0.3, 0.4) is 0 Å². The molecule has 2 atom stereocenters. The highest BCUT2D eigenvalue weighted by atomic mass is 32.1. The first-order valence-corrected chi connectivity index (χ1v) is 13.2. The first kappa shape index (κ1) is 28.3. The Morgan fingerprint density at radius 1 is 0.795 bits per heavy atom. The van der Waals surface area contributed by atoms with Gasteiger partial charge in [0.1, 0.15) is 15.8 Å². The van der Waals surface area contributed by atoms with Crippen molar-refractivity contribution in [2.75, 3.05) is 18.0 Å². The molecule has 39 heavy (non-hydrogen) atoms. The molecule has 0 bridgehead atoms. The minimum absolute atomic E-state index is 0.00592. The van der Waals surface area contributed by atoms with Crippen molar-refractivity contribution < 1.29 is 27.5 Å². The minimum atomic E-state index is -1.13. The summed E-state index contributed by atoms with van der Waals surface area (Å²) in [6.45, 7) is 8.51. The average Bonchev–Trinajstić information content (AvgIpc) is 3.52. The Labute approximate surface area is 228 Å². The van der Waals surface area contributed by atoms with Crippen molar-refractivity contribution in [2.24, 2.45) is 0 Å². The third-order valence-corrected chi connectivity index (χ3v) is 7.17. The second-order valence-electron chi connectivity index (χ2n) is 8.60. The van der Waals surface area contributed by atoms with Crippen molar-refractivity contribution in [1.29, 1.82) is 0 Å². The number of hydrogen-bond acceptors (Lipinski definition) is 12. The number of carbonyl (C=O) groups excluding carboxylic acids is 2. The summed E-state index contributed by atoms with van der Waals surface area (Å²) in [4.78, 5) is 30.9. The fraction of sp³-hybridized carbons (Fsp3) is 0.333. The molecule has 1 fully saturated rings. The number of rotatable bonds is 5. The molecule has 1 aliphatic rings. The monoisotopic (exact) mass is 577 g/mol. The third-order valence-electron chi connectivity index (χ3n) is 5.43. The van der Waals surface area contributed by atoms with Crippen LogP contribution in [0.1, 0.15) is 44.6 Å². The van der Waals surface area contributed by atoms with Crippen LogP contribution in [0.25, 0.3) is 21.1 Å². The molecule has 0 amide bonds. The zero-order chi connectivity index (χ0) is 28.3. The molecule has 0 N–H and O–H groups in total. The maximum Gasteiger partial charge on any atom is 0.226 e. The number of hydrogen-bond donors (Lipinski definition) is 0. The first-order chi connectivity index (χ1) is 18.6. The Kier molecular flexibility index (Phi) is 8.72. The molecule has 0 unspecified atom stereocenters. The fourth-order valence-corrected chi connectivity index (χ4v) is 5.26. The molecule has 204 valence electrons. The van der Waals surface area contributed by atoms with Crippen LogP contribution in [0.2, 0.25) is 0 Å². The molecule has 1 aliphatic heterocycles. The highest BCUT2D eigenvalue weighted by molar-refractivity contribution is 7.14. The van der Waals surface area contributed by atoms with Gasteiger partial charge >= 0.3 is 0 Å². The van der Waals surface area contributed by atoms with Crippen molar-refractivity contribution >= 4 is 41.1 Å². The van der Waals surface area contributed by atoms with Crippen molar-refractivity contribution in [3.8, 4) is 21.1 Å². The number of aldehydes is 2. The third kappa shape index (κ3) is 6.49. The molecule has 0 radical (unpaired) electrons. The zero-order valence-corrected chi connectivity index (χ0v) is 22.8. The summed E-state index contributed by atoms with van der Waals surface area (Å²) in [5.41, 5.74) is 0.227. The number of anilines is 1. The SMILES string of the molecule is Cc1nnc(-c2cc(C=O)c(F)nc2F)s1.Cc1nnc(-c2cc(C=O)c(N3C[C@@H](C)O[C@@H](C)C3)nc2F)s1. The van der Waals surface area contributed by atoms with Gasteiger partial charge in [0.05, 0.1) is 34.5 Å². The molecule has 0 spiro atoms. The standard InChI is InChI=1S/C15H17FN4O2S.C9H5F2N3OS/c1-8-5-20(6-9(2)22-8)14-11(7-21)4-12(13(16)17-14)15-19-18-10(3)23-15;1-4-13-14-9(16-4)6-2-5(3-15)7(10)12-8(6)11/h4,7-9H,5-6H2,1-3H3;2-3H,1H3/t8-,9+;. The minimum Gasteiger partial charge on any atom is -0.372 e. The van der Waals surface area contributed by atoms with Crippen LogP contribution in [0, 0.1) is 31.7 Å². The largest absolute Gasteiger partial charge is 0.372 e. The Balaban J connectivity index is 0.000000193. The van der Waals surface area contributed by atoms with Gasteiger partial charge in [-0.25, -0.2) is 4.98 Å². The lowest BCUT2D eigenvalue weighted by molar-refractivity contribution is -0.00554. The van der Waals surface area contributed by atoms with Gasteiger partial charge in [-0.2, -0.15) is 18.2 Å². The number of aromatic nitrogens is 6. The van der Waals surface area contributed by atoms with Gasteiger partial charge in [0.2, 0.25) is 17.8 Å². The van der Waals surface area contributed by atoms with E-state index in [0.717, 1.165) is 22.4 Å². The van der Waals surface area contributed by atoms with E-state index in [4.69, 9.17) is 4.74 Å². The van der Waals surface area contributed by atoms with Crippen molar-refractivity contribution in [2.45, 2.75) is 39.9 Å². The Hall–Kier alpha value is -3.69. The van der Waals surface area contributed by atoms with Gasteiger partial charge in [0.15, 0.2) is 22.6 Å². The molecule has 4 aromatic heterocycles. The maximum absolute atomic E-state index is 14.5. The summed E-state index contributed by atoms with van der Waals surface area (Å²) in [5, 5.41) is 17.3. The van der Waals surface area contributed by atoms with E-state index in [-0.39, 0.29) is 40.2 Å². The van der Waals surface area contributed by atoms with Gasteiger partial charge in [-0.05, 0) is 39.8 Å². The number of morpholine rings is 1. The highest BCUT2D eigenvalue weighted by Gasteiger charge is 2.27. The topological polar surface area (TPSA) is 124 Å². The number of ether oxygens (including phenoxy) is 1. The van der Waals surface area contributed by atoms with Crippen molar-refractivity contribution in [3.05, 3.63) is 51.1 Å². The summed E-state index contributed by atoms with van der Waals surface area (Å²) in [6, 6.07) is 2.57. The van der Waals surface area contributed by atoms with E-state index in [1.807, 2.05) is 18.7 Å². The smallest absolute Gasteiger partial charge is 0.226 e. The van der Waals surface area contributed by atoms with E-state index in [2.05, 4.69) is 30.4 Å². The van der Waals surface area contributed by atoms with Crippen molar-refractivity contribution in [3.63, 3.8) is 0 Å². The lowest BCUT2D eigenvalue weighted by Gasteiger charge is -2.36. The molecular weight excluding hydrogens is 555 g/mol. The summed E-state index contributed by atoms with van der Waals surface area (Å²) >= 11 is 2.40. The molecule has 4 aromatic rings. The number of nitrogens with zero attached hydrogens (tertiary/aromatic N) is 7. The lowest BCUT2D eigenvalue weighted by atomic mass is 10.1. The number of carbonyl (C=O) groups is 2. The molecule has 0 aliphatic carbocycles. The molecule has 0 saturated carbocycles. The Bertz CT molecular complexity index is 1500. The molecule has 15 heteroatoms. The van der Waals surface area contributed by atoms with Gasteiger partial charge in [-0.3, -0.25) is 9.59 Å². The second-order valence-corrected chi connectivity index (χ2v) is 11.0. The predicted molar refractivity (Wildman–Crippen MR) is 139 cm³/mol. The van der Waals surface area contributed by atoms with E-state index in [1.54, 1.807) is 13.8 Å². The van der Waals surface area contributed by atoms with Crippen LogP contribution in [0.15, 0.2) is 12.1 Å². The predicted octanol–water partition coefficient (Wildman–Crippen LogP) is 4.47. The van der Waals surface area contributed by atoms with Crippen molar-refractivity contribution in [1.82, 2.24) is 30.4 Å². The molecule has 1 saturated heterocycles. The summed E-state index contributed by atoms with van der Waals surface area (Å²) in [7, 11) is 0. The molecular formula is C24H22F3N7O3S2. The van der Waals surface area contributed by atoms with Gasteiger partial charge in [0, 0.05) is 13.1 Å². The first-order valence-electron chi connectivity index (χ1n) is 11.6. The zero-order valence-electron chi connectivity index (χ0n) is 21.2. The van der Waals surface area contributed by atoms with Crippen LogP contribution in [0.5, 0.6) is 0 Å². The Morgan fingerprint density at radius 3 is 1.74 bits per heavy atom. The number of aryl methyl sites for hydroxylation is 2. The quantitative estimate of drug-likeness (QED) is 0.248. The molecule has 0 aromatic carbocycles. The second kappa shape index (κ2) is 12.0. The normalized spacial score (nSPS) is 16.9. The van der Waals surface area contributed by atoms with Gasteiger partial charge < -0.3 is 9.64 Å². The molecule has 5 rings (SSSR count). The Morgan fingerprint density at radius 2 is 1.28 bits per heavy atom. The van der Waals surface area contributed by atoms with E-state index in [9.17, 15) is 22.8 Å². The highest BCUT2D eigenvalue weighted by Crippen LogP contribution is 2.30. The number of pyridine rings is 2. The fourth-order valence-electron chi connectivity index (χ4n) is 3.87. The van der Waals surface area contributed by atoms with E-state index in [0.29, 0.717) is 40.8 Å². The van der Waals surface area contributed by atoms with Crippen LogP contribution < -0.4 is 4.90 Å². The summed E-state index contributed by atoms with van der Waals surface area (Å²) < 4.78 is 46.4. The molecule has 10 nitrogen and oxygen atoms in total. The van der Waals surface area contributed by atoms with E-state index in [1.165, 1.54) is 17.4 Å². The van der Waals surface area contributed by atoms with Gasteiger partial charge in [-0.15, -0.1) is 20.4 Å². The van der Waals surface area contributed by atoms with E-state index >= 15 is 0 Å². The summed E-state index contributed by atoms with van der Waals surface area (Å²) in [6.07, 6.45) is 0.963. The maximum atomic E-state index is 14.5.